The Morgan fingerprint density at radius 3 is 2.60 bits per heavy atom. The molecule has 0 unspecified atom stereocenters. The molecule has 2 aliphatic rings. The van der Waals surface area contributed by atoms with Gasteiger partial charge in [-0.2, -0.15) is 0 Å². The number of benzene rings is 1. The third kappa shape index (κ3) is 3.04. The van der Waals surface area contributed by atoms with Crippen molar-refractivity contribution in [1.29, 1.82) is 0 Å². The Bertz CT molecular complexity index is 441. The van der Waals surface area contributed by atoms with Gasteiger partial charge in [-0.3, -0.25) is 4.79 Å². The molecular weight excluding hydrogens is 250 g/mol. The largest absolute Gasteiger partial charge is 0.461 e. The van der Waals surface area contributed by atoms with Crippen LogP contribution in [0.5, 0.6) is 0 Å². The summed E-state index contributed by atoms with van der Waals surface area (Å²) in [4.78, 5) is 12.1. The number of esters is 1. The maximum Gasteiger partial charge on any atom is 0.309 e. The minimum atomic E-state index is -0.0123. The maximum atomic E-state index is 12.1. The normalized spacial score (nSPS) is 29.5. The first-order valence-corrected chi connectivity index (χ1v) is 7.73. The monoisotopic (exact) mass is 273 g/mol. The Kier molecular flexibility index (Phi) is 4.06. The van der Waals surface area contributed by atoms with E-state index in [0.29, 0.717) is 12.1 Å². The van der Waals surface area contributed by atoms with Crippen LogP contribution in [0.4, 0.5) is 0 Å². The molecule has 0 aromatic heterocycles. The van der Waals surface area contributed by atoms with E-state index >= 15 is 0 Å². The number of carbonyl (C=O) groups excluding carboxylic acids is 1. The molecule has 1 saturated carbocycles. The molecule has 0 amide bonds. The van der Waals surface area contributed by atoms with Crippen molar-refractivity contribution in [1.82, 2.24) is 5.32 Å². The summed E-state index contributed by atoms with van der Waals surface area (Å²) in [6.45, 7) is 1.54. The first-order valence-electron chi connectivity index (χ1n) is 7.73. The van der Waals surface area contributed by atoms with Gasteiger partial charge in [0.1, 0.15) is 6.61 Å². The van der Waals surface area contributed by atoms with Crippen LogP contribution in [0.15, 0.2) is 30.3 Å². The van der Waals surface area contributed by atoms with Gasteiger partial charge in [0.25, 0.3) is 0 Å². The molecule has 20 heavy (non-hydrogen) atoms. The maximum absolute atomic E-state index is 12.1. The summed E-state index contributed by atoms with van der Waals surface area (Å²) in [5.74, 6) is 0.0911. The van der Waals surface area contributed by atoms with Gasteiger partial charge >= 0.3 is 5.97 Å². The Morgan fingerprint density at radius 2 is 1.95 bits per heavy atom. The highest BCUT2D eigenvalue weighted by atomic mass is 16.5. The van der Waals surface area contributed by atoms with Crippen LogP contribution < -0.4 is 5.32 Å². The topological polar surface area (TPSA) is 38.3 Å². The van der Waals surface area contributed by atoms with Crippen molar-refractivity contribution in [3.05, 3.63) is 35.9 Å². The zero-order valence-electron chi connectivity index (χ0n) is 11.9. The molecule has 1 aliphatic carbocycles. The van der Waals surface area contributed by atoms with E-state index < -0.39 is 0 Å². The van der Waals surface area contributed by atoms with E-state index in [1.54, 1.807) is 0 Å². The molecule has 1 saturated heterocycles. The van der Waals surface area contributed by atoms with Crippen LogP contribution in [0.2, 0.25) is 0 Å². The molecule has 1 N–H and O–H groups in total. The fourth-order valence-electron chi connectivity index (χ4n) is 3.55. The van der Waals surface area contributed by atoms with Crippen LogP contribution in [-0.4, -0.2) is 18.1 Å². The van der Waals surface area contributed by atoms with Crippen LogP contribution in [0.3, 0.4) is 0 Å². The minimum absolute atomic E-state index is 0.0123. The molecule has 1 aromatic carbocycles. The van der Waals surface area contributed by atoms with Crippen molar-refractivity contribution in [2.45, 2.75) is 50.7 Å². The molecule has 0 atom stereocenters. The molecule has 3 nitrogen and oxygen atoms in total. The van der Waals surface area contributed by atoms with Crippen molar-refractivity contribution in [2.24, 2.45) is 5.92 Å². The summed E-state index contributed by atoms with van der Waals surface area (Å²) in [6.07, 6.45) is 6.75. The molecule has 3 heteroatoms. The van der Waals surface area contributed by atoms with Gasteiger partial charge in [0.2, 0.25) is 0 Å². The molecule has 1 aliphatic heterocycles. The second-order valence-electron chi connectivity index (χ2n) is 6.18. The number of ether oxygens (including phenoxy) is 1. The quantitative estimate of drug-likeness (QED) is 0.860. The van der Waals surface area contributed by atoms with Crippen molar-refractivity contribution >= 4 is 5.97 Å². The van der Waals surface area contributed by atoms with Gasteiger partial charge in [-0.1, -0.05) is 30.3 Å². The highest BCUT2D eigenvalue weighted by Gasteiger charge is 2.39. The van der Waals surface area contributed by atoms with Crippen LogP contribution in [0, 0.1) is 5.92 Å². The van der Waals surface area contributed by atoms with E-state index in [2.05, 4.69) is 5.32 Å². The summed E-state index contributed by atoms with van der Waals surface area (Å²) < 4.78 is 5.46. The zero-order chi connectivity index (χ0) is 13.8. The Balaban J connectivity index is 1.47. The van der Waals surface area contributed by atoms with Crippen LogP contribution >= 0.6 is 0 Å². The molecule has 2 fully saturated rings. The van der Waals surface area contributed by atoms with Gasteiger partial charge in [0, 0.05) is 5.54 Å². The van der Waals surface area contributed by atoms with Gasteiger partial charge in [0.05, 0.1) is 5.92 Å². The molecule has 1 heterocycles. The van der Waals surface area contributed by atoms with Crippen molar-refractivity contribution in [2.75, 3.05) is 6.54 Å². The lowest BCUT2D eigenvalue weighted by molar-refractivity contribution is -0.151. The summed E-state index contributed by atoms with van der Waals surface area (Å²) in [6, 6.07) is 9.90. The lowest BCUT2D eigenvalue weighted by atomic mass is 9.76. The van der Waals surface area contributed by atoms with Crippen molar-refractivity contribution in [3.8, 4) is 0 Å². The van der Waals surface area contributed by atoms with Gasteiger partial charge in [-0.25, -0.2) is 0 Å². The Hall–Kier alpha value is -1.35. The first-order chi connectivity index (χ1) is 9.77. The summed E-state index contributed by atoms with van der Waals surface area (Å²) in [7, 11) is 0. The predicted octanol–water partition coefficient (Wildman–Crippen LogP) is 3.04. The van der Waals surface area contributed by atoms with Crippen molar-refractivity contribution < 1.29 is 9.53 Å². The van der Waals surface area contributed by atoms with Crippen LogP contribution in [0.1, 0.15) is 44.1 Å². The summed E-state index contributed by atoms with van der Waals surface area (Å²) >= 11 is 0. The second-order valence-corrected chi connectivity index (χ2v) is 6.18. The van der Waals surface area contributed by atoms with Crippen molar-refractivity contribution in [3.63, 3.8) is 0 Å². The Labute approximate surface area is 120 Å². The molecule has 1 spiro atoms. The van der Waals surface area contributed by atoms with Gasteiger partial charge in [-0.15, -0.1) is 0 Å². The second kappa shape index (κ2) is 5.96. The average molecular weight is 273 g/mol. The fraction of sp³-hybridized carbons (Fsp3) is 0.588. The third-order valence-electron chi connectivity index (χ3n) is 4.83. The number of hydrogen-bond acceptors (Lipinski definition) is 3. The fourth-order valence-corrected chi connectivity index (χ4v) is 3.55. The zero-order valence-corrected chi connectivity index (χ0v) is 11.9. The third-order valence-corrected chi connectivity index (χ3v) is 4.83. The minimum Gasteiger partial charge on any atom is -0.461 e. The van der Waals surface area contributed by atoms with Crippen LogP contribution in [0.25, 0.3) is 0 Å². The molecule has 0 radical (unpaired) electrons. The van der Waals surface area contributed by atoms with Gasteiger partial charge in [0.15, 0.2) is 0 Å². The van der Waals surface area contributed by atoms with E-state index in [0.717, 1.165) is 37.8 Å². The van der Waals surface area contributed by atoms with Crippen LogP contribution in [-0.2, 0) is 16.1 Å². The predicted molar refractivity (Wildman–Crippen MR) is 78.2 cm³/mol. The number of rotatable bonds is 3. The van der Waals surface area contributed by atoms with Gasteiger partial charge in [-0.05, 0) is 50.6 Å². The molecule has 108 valence electrons. The average Bonchev–Trinajstić information content (AvgIpc) is 2.95. The molecule has 0 bridgehead atoms. The first kappa shape index (κ1) is 13.6. The van der Waals surface area contributed by atoms with E-state index in [1.807, 2.05) is 30.3 Å². The molecular formula is C17H23NO2. The highest BCUT2D eigenvalue weighted by molar-refractivity contribution is 5.72. The summed E-state index contributed by atoms with van der Waals surface area (Å²) in [5, 5.41) is 3.64. The lowest BCUT2D eigenvalue weighted by Gasteiger charge is -2.36. The Morgan fingerprint density at radius 1 is 1.20 bits per heavy atom. The van der Waals surface area contributed by atoms with Gasteiger partial charge < -0.3 is 10.1 Å². The highest BCUT2D eigenvalue weighted by Crippen LogP contribution is 2.38. The lowest BCUT2D eigenvalue weighted by Crippen LogP contribution is -2.44. The van der Waals surface area contributed by atoms with E-state index in [4.69, 9.17) is 4.74 Å². The van der Waals surface area contributed by atoms with E-state index in [-0.39, 0.29) is 11.9 Å². The number of hydrogen-bond donors (Lipinski definition) is 1. The standard InChI is InChI=1S/C17H23NO2/c19-16(20-13-14-5-2-1-3-6-14)15-7-10-17(11-8-15)9-4-12-18-17/h1-3,5-6,15,18H,4,7-13H2. The number of carbonyl (C=O) groups is 1. The van der Waals surface area contributed by atoms with E-state index in [9.17, 15) is 4.79 Å². The number of nitrogens with one attached hydrogen (secondary N) is 1. The molecule has 3 rings (SSSR count). The summed E-state index contributed by atoms with van der Waals surface area (Å²) in [5.41, 5.74) is 1.40. The van der Waals surface area contributed by atoms with E-state index in [1.165, 1.54) is 12.8 Å². The smallest absolute Gasteiger partial charge is 0.309 e. The molecule has 1 aromatic rings. The SMILES string of the molecule is O=C(OCc1ccccc1)C1CCC2(CCCN2)CC1.